The number of Topliss-reactive ketones (excluding diaryl/α,β-unsaturated/α-hetero) is 1. The standard InChI is InChI=1S/C22H36O6/c1-5-20(3)10-16(28-17(26)12-24)21(4)13(2)6-8-22(14(11-23)19(20)27)9-7-15(25)18(21)22/h13-14,16,18-19,23-24,27H,5-12H2,1-4H3/t13-,14-,16-,18?,19+,20+,21+,22+/m1/s1. The molecule has 160 valence electrons. The Morgan fingerprint density at radius 1 is 1.25 bits per heavy atom. The molecular weight excluding hydrogens is 360 g/mol. The number of rotatable bonds is 4. The minimum atomic E-state index is -0.788. The van der Waals surface area contributed by atoms with E-state index >= 15 is 0 Å². The lowest BCUT2D eigenvalue weighted by molar-refractivity contribution is -0.219. The van der Waals surface area contributed by atoms with Crippen LogP contribution in [0.4, 0.5) is 0 Å². The van der Waals surface area contributed by atoms with E-state index in [1.165, 1.54) is 0 Å². The second-order valence-electron chi connectivity index (χ2n) is 10.0. The molecule has 0 saturated heterocycles. The average Bonchev–Trinajstić information content (AvgIpc) is 3.02. The van der Waals surface area contributed by atoms with Crippen LogP contribution in [0.3, 0.4) is 0 Å². The Balaban J connectivity index is 2.22. The number of ketones is 1. The van der Waals surface area contributed by atoms with E-state index in [0.29, 0.717) is 25.7 Å². The van der Waals surface area contributed by atoms with Crippen molar-refractivity contribution in [2.45, 2.75) is 78.4 Å². The van der Waals surface area contributed by atoms with Gasteiger partial charge in [0.25, 0.3) is 0 Å². The Morgan fingerprint density at radius 3 is 2.50 bits per heavy atom. The molecule has 3 N–H and O–H groups in total. The van der Waals surface area contributed by atoms with E-state index < -0.39 is 41.0 Å². The van der Waals surface area contributed by atoms with Gasteiger partial charge in [0.15, 0.2) is 0 Å². The Kier molecular flexibility index (Phi) is 5.72. The molecule has 1 unspecified atom stereocenters. The number of aliphatic hydroxyl groups is 3. The van der Waals surface area contributed by atoms with Crippen LogP contribution in [0.2, 0.25) is 0 Å². The molecule has 0 aromatic carbocycles. The van der Waals surface area contributed by atoms with Crippen LogP contribution >= 0.6 is 0 Å². The summed E-state index contributed by atoms with van der Waals surface area (Å²) in [5.74, 6) is -1.10. The molecule has 3 saturated carbocycles. The number of aliphatic hydroxyl groups excluding tert-OH is 3. The van der Waals surface area contributed by atoms with Gasteiger partial charge in [0.1, 0.15) is 18.5 Å². The topological polar surface area (TPSA) is 104 Å². The third-order valence-corrected chi connectivity index (χ3v) is 9.05. The van der Waals surface area contributed by atoms with Gasteiger partial charge < -0.3 is 20.1 Å². The van der Waals surface area contributed by atoms with E-state index in [1.54, 1.807) is 0 Å². The predicted octanol–water partition coefficient (Wildman–Crippen LogP) is 2.08. The first-order valence-electron chi connectivity index (χ1n) is 10.7. The minimum Gasteiger partial charge on any atom is -0.460 e. The van der Waals surface area contributed by atoms with Crippen LogP contribution in [0.25, 0.3) is 0 Å². The molecule has 8 atom stereocenters. The third kappa shape index (κ3) is 2.86. The molecule has 2 bridgehead atoms. The lowest BCUT2D eigenvalue weighted by Crippen LogP contribution is -2.64. The van der Waals surface area contributed by atoms with E-state index in [1.807, 2.05) is 13.8 Å². The molecule has 0 amide bonds. The van der Waals surface area contributed by atoms with Crippen molar-refractivity contribution in [2.75, 3.05) is 13.2 Å². The number of carbonyl (C=O) groups is 2. The molecule has 3 rings (SSSR count). The van der Waals surface area contributed by atoms with Gasteiger partial charge in [-0.25, -0.2) is 4.79 Å². The van der Waals surface area contributed by atoms with E-state index in [4.69, 9.17) is 4.74 Å². The fraction of sp³-hybridized carbons (Fsp3) is 0.909. The molecule has 0 aliphatic heterocycles. The lowest BCUT2D eigenvalue weighted by Gasteiger charge is -2.62. The van der Waals surface area contributed by atoms with Gasteiger partial charge in [-0.15, -0.1) is 0 Å². The van der Waals surface area contributed by atoms with Gasteiger partial charge >= 0.3 is 5.97 Å². The van der Waals surface area contributed by atoms with Crippen molar-refractivity contribution in [1.29, 1.82) is 0 Å². The van der Waals surface area contributed by atoms with Gasteiger partial charge in [-0.1, -0.05) is 27.7 Å². The van der Waals surface area contributed by atoms with Crippen LogP contribution in [0.15, 0.2) is 0 Å². The third-order valence-electron chi connectivity index (χ3n) is 9.05. The SMILES string of the molecule is CC[C@@]1(C)C[C@@H](OC(=O)CO)[C@@]2(C)C3C(=O)CC[C@@]3(CC[C@H]2C)[C@H](CO)[C@@H]1O. The zero-order valence-electron chi connectivity index (χ0n) is 17.6. The van der Waals surface area contributed by atoms with Gasteiger partial charge in [-0.3, -0.25) is 4.79 Å². The van der Waals surface area contributed by atoms with Crippen molar-refractivity contribution >= 4 is 11.8 Å². The van der Waals surface area contributed by atoms with Gasteiger partial charge in [0.05, 0.1) is 6.10 Å². The summed E-state index contributed by atoms with van der Waals surface area (Å²) in [5, 5.41) is 31.1. The van der Waals surface area contributed by atoms with Crippen LogP contribution in [0.1, 0.15) is 66.2 Å². The van der Waals surface area contributed by atoms with Crippen molar-refractivity contribution in [3.63, 3.8) is 0 Å². The number of esters is 1. The van der Waals surface area contributed by atoms with E-state index in [2.05, 4.69) is 13.8 Å². The number of ether oxygens (including phenoxy) is 1. The van der Waals surface area contributed by atoms with Crippen molar-refractivity contribution in [2.24, 2.45) is 34.0 Å². The maximum Gasteiger partial charge on any atom is 0.332 e. The van der Waals surface area contributed by atoms with Crippen LogP contribution in [0, 0.1) is 34.0 Å². The Morgan fingerprint density at radius 2 is 1.93 bits per heavy atom. The highest BCUT2D eigenvalue weighted by atomic mass is 16.6. The quantitative estimate of drug-likeness (QED) is 0.629. The predicted molar refractivity (Wildman–Crippen MR) is 103 cm³/mol. The molecular formula is C22H36O6. The van der Waals surface area contributed by atoms with E-state index in [9.17, 15) is 24.9 Å². The van der Waals surface area contributed by atoms with Crippen LogP contribution < -0.4 is 0 Å². The molecule has 0 heterocycles. The van der Waals surface area contributed by atoms with Crippen molar-refractivity contribution in [3.05, 3.63) is 0 Å². The molecule has 6 heteroatoms. The van der Waals surface area contributed by atoms with Crippen LogP contribution in [-0.4, -0.2) is 52.5 Å². The summed E-state index contributed by atoms with van der Waals surface area (Å²) in [6, 6.07) is 0. The summed E-state index contributed by atoms with van der Waals surface area (Å²) in [6.45, 7) is 7.31. The molecule has 0 aromatic heterocycles. The Labute approximate surface area is 167 Å². The van der Waals surface area contributed by atoms with Gasteiger partial charge in [-0.2, -0.15) is 0 Å². The summed E-state index contributed by atoms with van der Waals surface area (Å²) in [7, 11) is 0. The van der Waals surface area contributed by atoms with E-state index in [0.717, 1.165) is 12.8 Å². The summed E-state index contributed by atoms with van der Waals surface area (Å²) in [6.07, 6.45) is 2.49. The highest BCUT2D eigenvalue weighted by Crippen LogP contribution is 2.68. The number of hydrogen-bond donors (Lipinski definition) is 3. The fourth-order valence-electron chi connectivity index (χ4n) is 6.93. The largest absolute Gasteiger partial charge is 0.460 e. The maximum absolute atomic E-state index is 13.2. The first-order valence-corrected chi connectivity index (χ1v) is 10.7. The Hall–Kier alpha value is -0.980. The first-order chi connectivity index (χ1) is 13.1. The molecule has 6 nitrogen and oxygen atoms in total. The average molecular weight is 397 g/mol. The van der Waals surface area contributed by atoms with Gasteiger partial charge in [0.2, 0.25) is 0 Å². The fourth-order valence-corrected chi connectivity index (χ4v) is 6.93. The Bertz CT molecular complexity index is 635. The molecule has 0 spiro atoms. The summed E-state index contributed by atoms with van der Waals surface area (Å²) in [4.78, 5) is 25.3. The van der Waals surface area contributed by atoms with Crippen LogP contribution in [0.5, 0.6) is 0 Å². The molecule has 3 fully saturated rings. The zero-order chi connectivity index (χ0) is 20.9. The normalized spacial score (nSPS) is 48.5. The van der Waals surface area contributed by atoms with Crippen molar-refractivity contribution < 1.29 is 29.6 Å². The highest BCUT2D eigenvalue weighted by Gasteiger charge is 2.69. The zero-order valence-corrected chi connectivity index (χ0v) is 17.6. The van der Waals surface area contributed by atoms with E-state index in [-0.39, 0.29) is 30.1 Å². The number of hydrogen-bond acceptors (Lipinski definition) is 6. The van der Waals surface area contributed by atoms with Crippen LogP contribution in [-0.2, 0) is 14.3 Å². The first kappa shape index (κ1) is 21.7. The molecule has 0 radical (unpaired) electrons. The summed E-state index contributed by atoms with van der Waals surface area (Å²) < 4.78 is 5.79. The second kappa shape index (κ2) is 7.37. The summed E-state index contributed by atoms with van der Waals surface area (Å²) >= 11 is 0. The second-order valence-corrected chi connectivity index (χ2v) is 10.0. The van der Waals surface area contributed by atoms with Gasteiger partial charge in [-0.05, 0) is 48.9 Å². The van der Waals surface area contributed by atoms with Crippen molar-refractivity contribution in [3.8, 4) is 0 Å². The molecule has 0 aromatic rings. The summed E-state index contributed by atoms with van der Waals surface area (Å²) in [5.41, 5.74) is -1.61. The highest BCUT2D eigenvalue weighted by molar-refractivity contribution is 5.85. The van der Waals surface area contributed by atoms with Crippen molar-refractivity contribution in [1.82, 2.24) is 0 Å². The molecule has 3 aliphatic carbocycles. The number of carbonyl (C=O) groups excluding carboxylic acids is 2. The van der Waals surface area contributed by atoms with Gasteiger partial charge in [0, 0.05) is 30.3 Å². The molecule has 3 aliphatic rings. The lowest BCUT2D eigenvalue weighted by atomic mass is 9.43. The minimum absolute atomic E-state index is 0.147. The smallest absolute Gasteiger partial charge is 0.332 e. The molecule has 28 heavy (non-hydrogen) atoms. The monoisotopic (exact) mass is 396 g/mol. The maximum atomic E-state index is 13.2.